The van der Waals surface area contributed by atoms with Crippen LogP contribution in [0.15, 0.2) is 18.5 Å². The molecule has 0 spiro atoms. The highest BCUT2D eigenvalue weighted by molar-refractivity contribution is 5.25. The molecular formula is C8H13N3O. The van der Waals surface area contributed by atoms with Crippen LogP contribution >= 0.6 is 0 Å². The fraction of sp³-hybridized carbons (Fsp3) is 0.375. The molecule has 0 radical (unpaired) electrons. The highest BCUT2D eigenvalue weighted by Gasteiger charge is 2.03. The standard InChI is InChI=1S/C8H13N3O/c1-6(11-9)7-3-8(12-2)5-10-4-7/h3-6,11H,9H2,1-2H3. The van der Waals surface area contributed by atoms with Crippen molar-refractivity contribution < 1.29 is 4.74 Å². The topological polar surface area (TPSA) is 60.2 Å². The Bertz CT molecular complexity index is 252. The summed E-state index contributed by atoms with van der Waals surface area (Å²) >= 11 is 0. The van der Waals surface area contributed by atoms with Crippen molar-refractivity contribution in [3.63, 3.8) is 0 Å². The Balaban J connectivity index is 2.86. The van der Waals surface area contributed by atoms with Crippen LogP contribution in [-0.2, 0) is 0 Å². The van der Waals surface area contributed by atoms with E-state index >= 15 is 0 Å². The zero-order valence-electron chi connectivity index (χ0n) is 7.24. The van der Waals surface area contributed by atoms with Crippen molar-refractivity contribution in [1.29, 1.82) is 0 Å². The first-order chi connectivity index (χ1) is 5.77. The van der Waals surface area contributed by atoms with Crippen molar-refractivity contribution in [3.8, 4) is 5.75 Å². The number of nitrogens with two attached hydrogens (primary N) is 1. The van der Waals surface area contributed by atoms with E-state index in [-0.39, 0.29) is 6.04 Å². The van der Waals surface area contributed by atoms with E-state index in [4.69, 9.17) is 10.6 Å². The molecule has 0 aromatic carbocycles. The molecule has 1 aromatic heterocycles. The van der Waals surface area contributed by atoms with Crippen molar-refractivity contribution in [1.82, 2.24) is 10.4 Å². The first kappa shape index (κ1) is 8.96. The third-order valence-corrected chi connectivity index (χ3v) is 1.72. The van der Waals surface area contributed by atoms with Crippen LogP contribution in [0.4, 0.5) is 0 Å². The van der Waals surface area contributed by atoms with Crippen LogP contribution in [-0.4, -0.2) is 12.1 Å². The van der Waals surface area contributed by atoms with E-state index in [2.05, 4.69) is 10.4 Å². The first-order valence-corrected chi connectivity index (χ1v) is 3.73. The molecule has 4 nitrogen and oxygen atoms in total. The van der Waals surface area contributed by atoms with Gasteiger partial charge in [0.05, 0.1) is 13.3 Å². The second kappa shape index (κ2) is 4.04. The molecule has 3 N–H and O–H groups in total. The maximum Gasteiger partial charge on any atom is 0.137 e. The van der Waals surface area contributed by atoms with Gasteiger partial charge in [-0.15, -0.1) is 0 Å². The van der Waals surface area contributed by atoms with E-state index < -0.39 is 0 Å². The lowest BCUT2D eigenvalue weighted by Crippen LogP contribution is -2.25. The molecule has 1 aromatic rings. The third-order valence-electron chi connectivity index (χ3n) is 1.72. The van der Waals surface area contributed by atoms with Gasteiger partial charge in [-0.05, 0) is 18.6 Å². The van der Waals surface area contributed by atoms with Crippen LogP contribution in [0.1, 0.15) is 18.5 Å². The van der Waals surface area contributed by atoms with Gasteiger partial charge in [-0.3, -0.25) is 16.3 Å². The largest absolute Gasteiger partial charge is 0.495 e. The molecule has 0 saturated carbocycles. The molecule has 0 aliphatic carbocycles. The lowest BCUT2D eigenvalue weighted by Gasteiger charge is -2.10. The third kappa shape index (κ3) is 1.93. The number of pyridine rings is 1. The molecule has 0 amide bonds. The summed E-state index contributed by atoms with van der Waals surface area (Å²) in [7, 11) is 1.61. The van der Waals surface area contributed by atoms with Gasteiger partial charge >= 0.3 is 0 Å². The van der Waals surface area contributed by atoms with E-state index in [1.54, 1.807) is 19.5 Å². The minimum Gasteiger partial charge on any atom is -0.495 e. The van der Waals surface area contributed by atoms with Gasteiger partial charge in [0, 0.05) is 12.2 Å². The maximum atomic E-state index is 5.28. The van der Waals surface area contributed by atoms with Crippen LogP contribution in [0, 0.1) is 0 Å². The molecule has 0 fully saturated rings. The average Bonchev–Trinajstić information content (AvgIpc) is 2.17. The lowest BCUT2D eigenvalue weighted by molar-refractivity contribution is 0.411. The number of nitrogens with zero attached hydrogens (tertiary/aromatic N) is 1. The Kier molecular flexibility index (Phi) is 3.01. The van der Waals surface area contributed by atoms with Gasteiger partial charge in [-0.1, -0.05) is 0 Å². The molecule has 0 aliphatic heterocycles. The molecule has 12 heavy (non-hydrogen) atoms. The summed E-state index contributed by atoms with van der Waals surface area (Å²) in [6, 6.07) is 1.99. The Labute approximate surface area is 71.7 Å². The highest BCUT2D eigenvalue weighted by Crippen LogP contribution is 2.15. The number of hydrogen-bond donors (Lipinski definition) is 2. The molecule has 1 unspecified atom stereocenters. The molecule has 66 valence electrons. The summed E-state index contributed by atoms with van der Waals surface area (Å²) in [5, 5.41) is 0. The van der Waals surface area contributed by atoms with Crippen molar-refractivity contribution in [2.45, 2.75) is 13.0 Å². The average molecular weight is 167 g/mol. The fourth-order valence-corrected chi connectivity index (χ4v) is 0.880. The number of ether oxygens (including phenoxy) is 1. The van der Waals surface area contributed by atoms with Crippen LogP contribution in [0.25, 0.3) is 0 Å². The minimum absolute atomic E-state index is 0.0904. The van der Waals surface area contributed by atoms with Gasteiger partial charge in [0.15, 0.2) is 0 Å². The SMILES string of the molecule is COc1cncc(C(C)NN)c1. The minimum atomic E-state index is 0.0904. The normalized spacial score (nSPS) is 12.6. The van der Waals surface area contributed by atoms with Crippen LogP contribution < -0.4 is 16.0 Å². The molecule has 1 rings (SSSR count). The molecule has 1 heterocycles. The summed E-state index contributed by atoms with van der Waals surface area (Å²) < 4.78 is 5.02. The quantitative estimate of drug-likeness (QED) is 0.511. The molecule has 1 atom stereocenters. The maximum absolute atomic E-state index is 5.28. The Hall–Kier alpha value is -1.13. The van der Waals surface area contributed by atoms with Gasteiger partial charge in [0.25, 0.3) is 0 Å². The molecule has 4 heteroatoms. The predicted molar refractivity (Wildman–Crippen MR) is 46.5 cm³/mol. The summed E-state index contributed by atoms with van der Waals surface area (Å²) in [5.74, 6) is 6.02. The van der Waals surface area contributed by atoms with E-state index in [0.29, 0.717) is 0 Å². The van der Waals surface area contributed by atoms with Crippen LogP contribution in [0.3, 0.4) is 0 Å². The summed E-state index contributed by atoms with van der Waals surface area (Å²) in [6.45, 7) is 1.95. The predicted octanol–water partition coefficient (Wildman–Crippen LogP) is 0.615. The number of aromatic nitrogens is 1. The van der Waals surface area contributed by atoms with Gasteiger partial charge in [-0.25, -0.2) is 0 Å². The zero-order valence-corrected chi connectivity index (χ0v) is 7.24. The van der Waals surface area contributed by atoms with Gasteiger partial charge in [0.2, 0.25) is 0 Å². The van der Waals surface area contributed by atoms with Crippen molar-refractivity contribution >= 4 is 0 Å². The van der Waals surface area contributed by atoms with Crippen molar-refractivity contribution in [2.75, 3.05) is 7.11 Å². The monoisotopic (exact) mass is 167 g/mol. The van der Waals surface area contributed by atoms with Gasteiger partial charge < -0.3 is 4.74 Å². The molecular weight excluding hydrogens is 154 g/mol. The van der Waals surface area contributed by atoms with E-state index in [1.807, 2.05) is 13.0 Å². The number of methoxy groups -OCH3 is 1. The van der Waals surface area contributed by atoms with Crippen LogP contribution in [0.2, 0.25) is 0 Å². The van der Waals surface area contributed by atoms with E-state index in [1.165, 1.54) is 0 Å². The summed E-state index contributed by atoms with van der Waals surface area (Å²) in [6.07, 6.45) is 3.42. The Morgan fingerprint density at radius 3 is 2.92 bits per heavy atom. The second-order valence-electron chi connectivity index (χ2n) is 2.55. The highest BCUT2D eigenvalue weighted by atomic mass is 16.5. The zero-order chi connectivity index (χ0) is 8.97. The second-order valence-corrected chi connectivity index (χ2v) is 2.55. The summed E-state index contributed by atoms with van der Waals surface area (Å²) in [5.41, 5.74) is 3.65. The number of hydrazine groups is 1. The van der Waals surface area contributed by atoms with Crippen molar-refractivity contribution in [3.05, 3.63) is 24.0 Å². The first-order valence-electron chi connectivity index (χ1n) is 3.73. The number of hydrogen-bond acceptors (Lipinski definition) is 4. The molecule has 0 bridgehead atoms. The number of rotatable bonds is 3. The Morgan fingerprint density at radius 2 is 2.33 bits per heavy atom. The molecule has 0 aliphatic rings. The van der Waals surface area contributed by atoms with Crippen molar-refractivity contribution in [2.24, 2.45) is 5.84 Å². The summed E-state index contributed by atoms with van der Waals surface area (Å²) in [4.78, 5) is 4.00. The van der Waals surface area contributed by atoms with Gasteiger partial charge in [0.1, 0.15) is 5.75 Å². The number of nitrogens with one attached hydrogen (secondary N) is 1. The van der Waals surface area contributed by atoms with Crippen LogP contribution in [0.5, 0.6) is 5.75 Å². The van der Waals surface area contributed by atoms with E-state index in [9.17, 15) is 0 Å². The van der Waals surface area contributed by atoms with E-state index in [0.717, 1.165) is 11.3 Å². The smallest absolute Gasteiger partial charge is 0.137 e. The Morgan fingerprint density at radius 1 is 1.58 bits per heavy atom. The molecule has 0 saturated heterocycles. The van der Waals surface area contributed by atoms with Gasteiger partial charge in [-0.2, -0.15) is 0 Å². The fourth-order valence-electron chi connectivity index (χ4n) is 0.880. The lowest BCUT2D eigenvalue weighted by atomic mass is 10.1.